The summed E-state index contributed by atoms with van der Waals surface area (Å²) < 4.78 is 37.2. The molecule has 0 aliphatic heterocycles. The summed E-state index contributed by atoms with van der Waals surface area (Å²) in [7, 11) is -1.80. The van der Waals surface area contributed by atoms with Gasteiger partial charge in [-0.25, -0.2) is 13.1 Å². The molecule has 30 heavy (non-hydrogen) atoms. The predicted molar refractivity (Wildman–Crippen MR) is 119 cm³/mol. The lowest BCUT2D eigenvalue weighted by Gasteiger charge is -2.19. The van der Waals surface area contributed by atoms with Gasteiger partial charge in [-0.05, 0) is 51.8 Å². The van der Waals surface area contributed by atoms with E-state index in [-0.39, 0.29) is 12.3 Å². The fraction of sp³-hybridized carbons (Fsp3) is 0.409. The Bertz CT molecular complexity index is 1160. The van der Waals surface area contributed by atoms with E-state index in [1.54, 1.807) is 33.9 Å². The largest absolute Gasteiger partial charge is 0.494 e. The molecule has 0 aliphatic carbocycles. The topological polar surface area (TPSA) is 97.6 Å². The van der Waals surface area contributed by atoms with Crippen molar-refractivity contribution in [1.82, 2.24) is 4.72 Å². The molecule has 7 nitrogen and oxygen atoms in total. The minimum atomic E-state index is -3.37. The zero-order valence-electron chi connectivity index (χ0n) is 17.7. The highest BCUT2D eigenvalue weighted by atomic mass is 32.2. The number of furan rings is 1. The molecule has 0 radical (unpaired) electrons. The molecule has 162 valence electrons. The highest BCUT2D eigenvalue weighted by molar-refractivity contribution is 7.90. The van der Waals surface area contributed by atoms with E-state index in [1.807, 2.05) is 30.3 Å². The Hall–Kier alpha value is -2.58. The zero-order chi connectivity index (χ0) is 21.9. The average Bonchev–Trinajstić information content (AvgIpc) is 3.05. The van der Waals surface area contributed by atoms with Crippen LogP contribution in [-0.2, 0) is 14.8 Å². The van der Waals surface area contributed by atoms with Crippen molar-refractivity contribution in [3.63, 3.8) is 0 Å². The monoisotopic (exact) mass is 432 g/mol. The molecule has 0 saturated heterocycles. The second kappa shape index (κ2) is 8.65. The van der Waals surface area contributed by atoms with Gasteiger partial charge in [0, 0.05) is 18.4 Å². The van der Waals surface area contributed by atoms with Crippen LogP contribution in [0.2, 0.25) is 0 Å². The van der Waals surface area contributed by atoms with Crippen LogP contribution in [0, 0.1) is 0 Å². The van der Waals surface area contributed by atoms with E-state index in [2.05, 4.69) is 10.0 Å². The Morgan fingerprint density at radius 2 is 1.80 bits per heavy atom. The van der Waals surface area contributed by atoms with Crippen LogP contribution in [0.25, 0.3) is 21.9 Å². The molecule has 0 unspecified atom stereocenters. The van der Waals surface area contributed by atoms with Gasteiger partial charge < -0.3 is 14.5 Å². The number of unbranched alkanes of at least 4 members (excludes halogenated alkanes) is 1. The molecule has 0 aliphatic rings. The van der Waals surface area contributed by atoms with Gasteiger partial charge in [-0.1, -0.05) is 18.2 Å². The molecular weight excluding hydrogens is 404 g/mol. The highest BCUT2D eigenvalue weighted by Gasteiger charge is 2.28. The van der Waals surface area contributed by atoms with E-state index in [9.17, 15) is 13.2 Å². The van der Waals surface area contributed by atoms with Gasteiger partial charge in [0.05, 0.1) is 22.9 Å². The van der Waals surface area contributed by atoms with Crippen LogP contribution in [-0.4, -0.2) is 32.7 Å². The molecule has 0 bridgehead atoms. The number of fused-ring (bicyclic) bond motifs is 3. The number of ether oxygens (including phenoxy) is 1. The van der Waals surface area contributed by atoms with Gasteiger partial charge in [0.2, 0.25) is 15.9 Å². The fourth-order valence-corrected chi connectivity index (χ4v) is 3.99. The normalized spacial score (nSPS) is 12.4. The number of methoxy groups -OCH3 is 1. The zero-order valence-corrected chi connectivity index (χ0v) is 18.6. The number of hydrogen-bond acceptors (Lipinski definition) is 5. The first-order valence-corrected chi connectivity index (χ1v) is 11.4. The molecule has 1 aromatic heterocycles. The maximum atomic E-state index is 12.4. The summed E-state index contributed by atoms with van der Waals surface area (Å²) in [6.45, 7) is 5.26. The number of nitrogens with one attached hydrogen (secondary N) is 2. The molecule has 1 amide bonds. The van der Waals surface area contributed by atoms with Crippen molar-refractivity contribution in [3.8, 4) is 5.75 Å². The summed E-state index contributed by atoms with van der Waals surface area (Å²) in [5.74, 6) is 0.405. The molecule has 3 rings (SSSR count). The van der Waals surface area contributed by atoms with E-state index in [0.717, 1.165) is 16.4 Å². The standard InChI is InChI=1S/C22H28N2O5S/c1-22(2,3)30(26,27)23-14-8-7-11-19(25)24-16-12-13-18-20(21(16)28-4)15-9-5-6-10-17(15)29-18/h5-6,9-10,12-13,23H,7-8,11,14H2,1-4H3,(H,24,25). The van der Waals surface area contributed by atoms with Gasteiger partial charge in [0.1, 0.15) is 11.2 Å². The summed E-state index contributed by atoms with van der Waals surface area (Å²) in [6, 6.07) is 11.2. The smallest absolute Gasteiger partial charge is 0.224 e. The summed E-state index contributed by atoms with van der Waals surface area (Å²) in [5, 5.41) is 4.64. The Balaban J connectivity index is 1.62. The van der Waals surface area contributed by atoms with Crippen molar-refractivity contribution in [1.29, 1.82) is 0 Å². The quantitative estimate of drug-likeness (QED) is 0.514. The first-order valence-electron chi connectivity index (χ1n) is 9.91. The molecular formula is C22H28N2O5S. The maximum absolute atomic E-state index is 12.4. The van der Waals surface area contributed by atoms with E-state index in [0.29, 0.717) is 36.4 Å². The average molecular weight is 433 g/mol. The minimum absolute atomic E-state index is 0.154. The molecule has 0 spiro atoms. The summed E-state index contributed by atoms with van der Waals surface area (Å²) >= 11 is 0. The first kappa shape index (κ1) is 22.1. The number of benzene rings is 2. The third kappa shape index (κ3) is 4.60. The molecule has 8 heteroatoms. The lowest BCUT2D eigenvalue weighted by Crippen LogP contribution is -2.39. The number of amides is 1. The van der Waals surface area contributed by atoms with Crippen molar-refractivity contribution < 1.29 is 22.4 Å². The molecule has 3 aromatic rings. The number of para-hydroxylation sites is 1. The molecule has 1 heterocycles. The number of carbonyl (C=O) groups excluding carboxylic acids is 1. The molecule has 0 atom stereocenters. The van der Waals surface area contributed by atoms with Gasteiger partial charge in [0.25, 0.3) is 0 Å². The summed E-state index contributed by atoms with van der Waals surface area (Å²) in [6.07, 6.45) is 1.42. The number of hydrogen-bond donors (Lipinski definition) is 2. The molecule has 0 fully saturated rings. The second-order valence-corrected chi connectivity index (χ2v) is 10.7. The van der Waals surface area contributed by atoms with E-state index in [1.165, 1.54) is 0 Å². The first-order chi connectivity index (χ1) is 14.1. The third-order valence-corrected chi connectivity index (χ3v) is 7.10. The summed E-state index contributed by atoms with van der Waals surface area (Å²) in [5.41, 5.74) is 2.03. The van der Waals surface area contributed by atoms with Crippen molar-refractivity contribution in [2.24, 2.45) is 0 Å². The lowest BCUT2D eigenvalue weighted by atomic mass is 10.1. The molecule has 2 aromatic carbocycles. The second-order valence-electron chi connectivity index (χ2n) is 8.13. The predicted octanol–water partition coefficient (Wildman–Crippen LogP) is 4.42. The SMILES string of the molecule is COc1c(NC(=O)CCCCNS(=O)(=O)C(C)(C)C)ccc2oc3ccccc3c12. The van der Waals surface area contributed by atoms with Gasteiger partial charge in [-0.2, -0.15) is 0 Å². The van der Waals surface area contributed by atoms with Crippen LogP contribution in [0.3, 0.4) is 0 Å². The number of anilines is 1. The fourth-order valence-electron chi connectivity index (χ4n) is 3.14. The lowest BCUT2D eigenvalue weighted by molar-refractivity contribution is -0.116. The van der Waals surface area contributed by atoms with Crippen LogP contribution in [0.15, 0.2) is 40.8 Å². The van der Waals surface area contributed by atoms with E-state index in [4.69, 9.17) is 9.15 Å². The van der Waals surface area contributed by atoms with E-state index >= 15 is 0 Å². The third-order valence-electron chi connectivity index (χ3n) is 4.90. The number of rotatable bonds is 8. The van der Waals surface area contributed by atoms with Crippen LogP contribution < -0.4 is 14.8 Å². The Labute approximate surface area is 176 Å². The maximum Gasteiger partial charge on any atom is 0.224 e. The van der Waals surface area contributed by atoms with Gasteiger partial charge in [-0.3, -0.25) is 4.79 Å². The van der Waals surface area contributed by atoms with Gasteiger partial charge >= 0.3 is 0 Å². The van der Waals surface area contributed by atoms with Crippen molar-refractivity contribution in [3.05, 3.63) is 36.4 Å². The van der Waals surface area contributed by atoms with Crippen LogP contribution >= 0.6 is 0 Å². The van der Waals surface area contributed by atoms with Gasteiger partial charge in [0.15, 0.2) is 5.75 Å². The molecule has 0 saturated carbocycles. The van der Waals surface area contributed by atoms with Crippen LogP contribution in [0.1, 0.15) is 40.0 Å². The summed E-state index contributed by atoms with van der Waals surface area (Å²) in [4.78, 5) is 12.4. The van der Waals surface area contributed by atoms with Gasteiger partial charge in [-0.15, -0.1) is 0 Å². The minimum Gasteiger partial charge on any atom is -0.494 e. The van der Waals surface area contributed by atoms with Crippen LogP contribution in [0.4, 0.5) is 5.69 Å². The van der Waals surface area contributed by atoms with E-state index < -0.39 is 14.8 Å². The highest BCUT2D eigenvalue weighted by Crippen LogP contribution is 2.40. The van der Waals surface area contributed by atoms with Crippen molar-refractivity contribution >= 4 is 43.6 Å². The number of sulfonamides is 1. The Kier molecular flexibility index (Phi) is 6.38. The Morgan fingerprint density at radius 3 is 2.50 bits per heavy atom. The van der Waals surface area contributed by atoms with Crippen molar-refractivity contribution in [2.75, 3.05) is 19.0 Å². The Morgan fingerprint density at radius 1 is 1.07 bits per heavy atom. The molecule has 2 N–H and O–H groups in total. The van der Waals surface area contributed by atoms with Crippen LogP contribution in [0.5, 0.6) is 5.75 Å². The van der Waals surface area contributed by atoms with Crippen molar-refractivity contribution in [2.45, 2.75) is 44.8 Å². The number of carbonyl (C=O) groups is 1.